The number of nitrogens with two attached hydrogens (primary N) is 1. The summed E-state index contributed by atoms with van der Waals surface area (Å²) in [5, 5.41) is 3.04. The number of benzene rings is 1. The molecule has 4 nitrogen and oxygen atoms in total. The van der Waals surface area contributed by atoms with Crippen molar-refractivity contribution >= 4 is 11.6 Å². The average molecular weight is 207 g/mol. The highest BCUT2D eigenvalue weighted by molar-refractivity contribution is 5.92. The maximum atomic E-state index is 5.61. The number of hydrogen-bond donors (Lipinski definition) is 2. The smallest absolute Gasteiger partial charge is 0.192 e. The van der Waals surface area contributed by atoms with Gasteiger partial charge in [0, 0.05) is 19.8 Å². The molecule has 0 saturated carbocycles. The van der Waals surface area contributed by atoms with Crippen LogP contribution in [-0.4, -0.2) is 26.7 Å². The highest BCUT2D eigenvalue weighted by Gasteiger charge is 2.01. The van der Waals surface area contributed by atoms with Crippen molar-refractivity contribution in [3.8, 4) is 0 Å². The average Bonchev–Trinajstić information content (AvgIpc) is 2.28. The third-order valence-corrected chi connectivity index (χ3v) is 2.10. The molecule has 0 heterocycles. The first-order valence-electron chi connectivity index (χ1n) is 4.84. The molecule has 15 heavy (non-hydrogen) atoms. The minimum atomic E-state index is 0.417. The van der Waals surface area contributed by atoms with E-state index in [0.717, 1.165) is 12.1 Å². The van der Waals surface area contributed by atoms with Gasteiger partial charge in [-0.15, -0.1) is 0 Å². The summed E-state index contributed by atoms with van der Waals surface area (Å²) in [5.74, 6) is 0.417. The molecular formula is C11H17N3O. The van der Waals surface area contributed by atoms with Gasteiger partial charge in [0.15, 0.2) is 5.96 Å². The Hall–Kier alpha value is -1.55. The van der Waals surface area contributed by atoms with Gasteiger partial charge in [-0.1, -0.05) is 18.2 Å². The first-order chi connectivity index (χ1) is 7.27. The van der Waals surface area contributed by atoms with Gasteiger partial charge in [0.1, 0.15) is 0 Å². The summed E-state index contributed by atoms with van der Waals surface area (Å²) < 4.78 is 5.04. The second-order valence-electron chi connectivity index (χ2n) is 3.13. The molecular weight excluding hydrogens is 190 g/mol. The minimum absolute atomic E-state index is 0.417. The van der Waals surface area contributed by atoms with Gasteiger partial charge < -0.3 is 15.8 Å². The van der Waals surface area contributed by atoms with E-state index >= 15 is 0 Å². The third-order valence-electron chi connectivity index (χ3n) is 2.10. The Bertz CT molecular complexity index is 336. The van der Waals surface area contributed by atoms with Crippen LogP contribution in [0.1, 0.15) is 5.56 Å². The highest BCUT2D eigenvalue weighted by atomic mass is 16.5. The molecule has 4 heteroatoms. The number of nitrogens with zero attached hydrogens (tertiary/aromatic N) is 1. The van der Waals surface area contributed by atoms with Crippen molar-refractivity contribution in [2.24, 2.45) is 10.7 Å². The van der Waals surface area contributed by atoms with E-state index in [4.69, 9.17) is 10.5 Å². The van der Waals surface area contributed by atoms with E-state index in [2.05, 4.69) is 10.3 Å². The molecule has 1 aromatic rings. The summed E-state index contributed by atoms with van der Waals surface area (Å²) in [6, 6.07) is 7.98. The molecule has 0 aliphatic rings. The molecule has 3 N–H and O–H groups in total. The van der Waals surface area contributed by atoms with Crippen LogP contribution in [0, 0.1) is 0 Å². The van der Waals surface area contributed by atoms with Crippen molar-refractivity contribution in [1.82, 2.24) is 0 Å². The summed E-state index contributed by atoms with van der Waals surface area (Å²) in [7, 11) is 3.35. The van der Waals surface area contributed by atoms with Crippen molar-refractivity contribution in [2.75, 3.05) is 26.1 Å². The molecule has 0 spiro atoms. The fourth-order valence-electron chi connectivity index (χ4n) is 1.27. The molecule has 1 rings (SSSR count). The second-order valence-corrected chi connectivity index (χ2v) is 3.13. The molecule has 0 bridgehead atoms. The van der Waals surface area contributed by atoms with Crippen LogP contribution in [0.15, 0.2) is 29.3 Å². The normalized spacial score (nSPS) is 11.5. The summed E-state index contributed by atoms with van der Waals surface area (Å²) in [6.45, 7) is 0.696. The van der Waals surface area contributed by atoms with E-state index in [9.17, 15) is 0 Å². The van der Waals surface area contributed by atoms with Crippen LogP contribution in [0.3, 0.4) is 0 Å². The van der Waals surface area contributed by atoms with Crippen LogP contribution >= 0.6 is 0 Å². The van der Waals surface area contributed by atoms with Gasteiger partial charge in [0.25, 0.3) is 0 Å². The summed E-state index contributed by atoms with van der Waals surface area (Å²) in [4.78, 5) is 3.86. The zero-order valence-electron chi connectivity index (χ0n) is 9.16. The number of guanidine groups is 1. The van der Waals surface area contributed by atoms with Gasteiger partial charge in [0.2, 0.25) is 0 Å². The molecule has 0 unspecified atom stereocenters. The zero-order chi connectivity index (χ0) is 11.1. The molecule has 0 amide bonds. The largest absolute Gasteiger partial charge is 0.384 e. The van der Waals surface area contributed by atoms with E-state index in [-0.39, 0.29) is 0 Å². The van der Waals surface area contributed by atoms with Gasteiger partial charge >= 0.3 is 0 Å². The van der Waals surface area contributed by atoms with Crippen LogP contribution < -0.4 is 11.1 Å². The first kappa shape index (κ1) is 11.5. The predicted molar refractivity (Wildman–Crippen MR) is 63.2 cm³/mol. The lowest BCUT2D eigenvalue weighted by molar-refractivity contribution is 0.202. The number of para-hydroxylation sites is 1. The standard InChI is InChI=1S/C11H17N3O/c1-13-11(12)14-10-6-4-3-5-9(10)7-8-15-2/h3-6H,7-8H2,1-2H3,(H3,12,13,14). The van der Waals surface area contributed by atoms with Crippen LogP contribution in [0.4, 0.5) is 5.69 Å². The Morgan fingerprint density at radius 1 is 1.47 bits per heavy atom. The second kappa shape index (κ2) is 6.03. The molecule has 0 saturated heterocycles. The van der Waals surface area contributed by atoms with Crippen molar-refractivity contribution < 1.29 is 4.74 Å². The number of rotatable bonds is 4. The lowest BCUT2D eigenvalue weighted by atomic mass is 10.1. The van der Waals surface area contributed by atoms with Crippen molar-refractivity contribution in [2.45, 2.75) is 6.42 Å². The third kappa shape index (κ3) is 3.59. The number of methoxy groups -OCH3 is 1. The van der Waals surface area contributed by atoms with Gasteiger partial charge in [-0.05, 0) is 18.1 Å². The fourth-order valence-corrected chi connectivity index (χ4v) is 1.27. The number of ether oxygens (including phenoxy) is 1. The van der Waals surface area contributed by atoms with Crippen molar-refractivity contribution in [1.29, 1.82) is 0 Å². The van der Waals surface area contributed by atoms with Gasteiger partial charge in [-0.2, -0.15) is 0 Å². The molecule has 82 valence electrons. The molecule has 0 atom stereocenters. The highest BCUT2D eigenvalue weighted by Crippen LogP contribution is 2.15. The molecule has 0 radical (unpaired) electrons. The van der Waals surface area contributed by atoms with E-state index in [0.29, 0.717) is 12.6 Å². The van der Waals surface area contributed by atoms with Gasteiger partial charge in [-0.25, -0.2) is 0 Å². The summed E-state index contributed by atoms with van der Waals surface area (Å²) in [6.07, 6.45) is 0.858. The summed E-state index contributed by atoms with van der Waals surface area (Å²) in [5.41, 5.74) is 7.77. The SMILES string of the molecule is CN=C(N)Nc1ccccc1CCOC. The number of nitrogens with one attached hydrogen (secondary N) is 1. The zero-order valence-corrected chi connectivity index (χ0v) is 9.16. The Balaban J connectivity index is 2.76. The maximum Gasteiger partial charge on any atom is 0.192 e. The Morgan fingerprint density at radius 3 is 2.87 bits per heavy atom. The molecule has 1 aromatic carbocycles. The number of anilines is 1. The molecule has 0 aliphatic carbocycles. The van der Waals surface area contributed by atoms with Gasteiger partial charge in [-0.3, -0.25) is 4.99 Å². The molecule has 0 aromatic heterocycles. The van der Waals surface area contributed by atoms with E-state index < -0.39 is 0 Å². The first-order valence-corrected chi connectivity index (χ1v) is 4.84. The monoisotopic (exact) mass is 207 g/mol. The Kier molecular flexibility index (Phi) is 4.63. The maximum absolute atomic E-state index is 5.61. The Labute approximate surface area is 90.2 Å². The van der Waals surface area contributed by atoms with E-state index in [1.54, 1.807) is 14.2 Å². The quantitative estimate of drug-likeness (QED) is 0.576. The van der Waals surface area contributed by atoms with E-state index in [1.807, 2.05) is 24.3 Å². The predicted octanol–water partition coefficient (Wildman–Crippen LogP) is 1.23. The van der Waals surface area contributed by atoms with E-state index in [1.165, 1.54) is 5.56 Å². The molecule has 0 fully saturated rings. The topological polar surface area (TPSA) is 59.6 Å². The van der Waals surface area contributed by atoms with Crippen LogP contribution in [0.2, 0.25) is 0 Å². The number of hydrogen-bond acceptors (Lipinski definition) is 2. The van der Waals surface area contributed by atoms with Crippen LogP contribution in [0.25, 0.3) is 0 Å². The lowest BCUT2D eigenvalue weighted by Crippen LogP contribution is -2.22. The van der Waals surface area contributed by atoms with Gasteiger partial charge in [0.05, 0.1) is 6.61 Å². The summed E-state index contributed by atoms with van der Waals surface area (Å²) >= 11 is 0. The van der Waals surface area contributed by atoms with Crippen molar-refractivity contribution in [3.05, 3.63) is 29.8 Å². The number of aliphatic imine (C=N–C) groups is 1. The van der Waals surface area contributed by atoms with Crippen LogP contribution in [-0.2, 0) is 11.2 Å². The lowest BCUT2D eigenvalue weighted by Gasteiger charge is -2.10. The minimum Gasteiger partial charge on any atom is -0.384 e. The van der Waals surface area contributed by atoms with Crippen molar-refractivity contribution in [3.63, 3.8) is 0 Å². The Morgan fingerprint density at radius 2 is 2.20 bits per heavy atom. The fraction of sp³-hybridized carbons (Fsp3) is 0.364. The molecule has 0 aliphatic heterocycles. The van der Waals surface area contributed by atoms with Crippen LogP contribution in [0.5, 0.6) is 0 Å².